The van der Waals surface area contributed by atoms with Crippen molar-refractivity contribution < 1.29 is 20.1 Å². The first-order valence-corrected chi connectivity index (χ1v) is 14.1. The summed E-state index contributed by atoms with van der Waals surface area (Å²) in [7, 11) is 0. The average Bonchev–Trinajstić information content (AvgIpc) is 3.04. The molecule has 5 aliphatic carbocycles. The third-order valence-electron chi connectivity index (χ3n) is 13.2. The molecule has 34 heavy (non-hydrogen) atoms. The number of hydrogen-bond donors (Lipinski definition) is 3. The van der Waals surface area contributed by atoms with Crippen molar-refractivity contribution in [3.63, 3.8) is 0 Å². The van der Waals surface area contributed by atoms with Gasteiger partial charge in [0, 0.05) is 5.41 Å². The van der Waals surface area contributed by atoms with Crippen LogP contribution in [0.4, 0.5) is 0 Å². The zero-order valence-electron chi connectivity index (χ0n) is 22.7. The highest BCUT2D eigenvalue weighted by atomic mass is 16.3. The highest BCUT2D eigenvalue weighted by Crippen LogP contribution is 2.77. The van der Waals surface area contributed by atoms with Crippen LogP contribution in [0.5, 0.6) is 0 Å². The number of carbonyl (C=O) groups is 1. The van der Waals surface area contributed by atoms with Crippen molar-refractivity contribution in [1.82, 2.24) is 0 Å². The van der Waals surface area contributed by atoms with E-state index in [-0.39, 0.29) is 39.9 Å². The third kappa shape index (κ3) is 2.91. The number of fused-ring (bicyclic) bond motifs is 7. The second-order valence-corrected chi connectivity index (χ2v) is 15.5. The van der Waals surface area contributed by atoms with Gasteiger partial charge in [0.2, 0.25) is 0 Å². The number of aliphatic hydroxyl groups excluding tert-OH is 2. The molecule has 0 radical (unpaired) electrons. The number of carbonyl (C=O) groups excluding carboxylic acids is 1. The minimum atomic E-state index is -0.723. The monoisotopic (exact) mass is 474 g/mol. The van der Waals surface area contributed by atoms with Crippen molar-refractivity contribution in [2.45, 2.75) is 124 Å². The molecule has 3 N–H and O–H groups in total. The molecule has 5 aliphatic rings. The molecule has 5 saturated carbocycles. The maximum Gasteiger partial charge on any atom is 0.127 e. The molecule has 5 fully saturated rings. The zero-order valence-corrected chi connectivity index (χ0v) is 22.7. The Kier molecular flexibility index (Phi) is 5.42. The van der Waals surface area contributed by atoms with E-state index in [0.717, 1.165) is 44.9 Å². The van der Waals surface area contributed by atoms with E-state index in [2.05, 4.69) is 34.6 Å². The van der Waals surface area contributed by atoms with Crippen molar-refractivity contribution in [2.24, 2.45) is 56.7 Å². The van der Waals surface area contributed by atoms with Gasteiger partial charge in [-0.3, -0.25) is 0 Å². The van der Waals surface area contributed by atoms with Crippen LogP contribution in [0.3, 0.4) is 0 Å². The Morgan fingerprint density at radius 2 is 1.53 bits per heavy atom. The molecule has 0 saturated heterocycles. The predicted octanol–water partition coefficient (Wildman–Crippen LogP) is 5.37. The van der Waals surface area contributed by atoms with Crippen LogP contribution in [0.15, 0.2) is 0 Å². The van der Waals surface area contributed by atoms with E-state index in [1.54, 1.807) is 0 Å². The lowest BCUT2D eigenvalue weighted by atomic mass is 9.31. The Hall–Kier alpha value is -0.450. The minimum absolute atomic E-state index is 0.0288. The molecular weight excluding hydrogens is 424 g/mol. The second-order valence-electron chi connectivity index (χ2n) is 15.5. The van der Waals surface area contributed by atoms with Crippen LogP contribution >= 0.6 is 0 Å². The summed E-state index contributed by atoms with van der Waals surface area (Å²) in [5.74, 6) is 0.899. The predicted molar refractivity (Wildman–Crippen MR) is 134 cm³/mol. The average molecular weight is 475 g/mol. The Balaban J connectivity index is 1.62. The van der Waals surface area contributed by atoms with Gasteiger partial charge < -0.3 is 20.1 Å². The first-order valence-electron chi connectivity index (χ1n) is 14.1. The van der Waals surface area contributed by atoms with Gasteiger partial charge in [-0.2, -0.15) is 0 Å². The summed E-state index contributed by atoms with van der Waals surface area (Å²) in [6, 6.07) is 0. The zero-order chi connectivity index (χ0) is 25.1. The molecule has 0 aliphatic heterocycles. The summed E-state index contributed by atoms with van der Waals surface area (Å²) in [6.07, 6.45) is 8.74. The van der Waals surface area contributed by atoms with Crippen LogP contribution in [0.2, 0.25) is 0 Å². The standard InChI is InChI=1S/C30H50O4/c1-25(2)11-8-12-28(6)23(25)21(33)16-29(7)24(28)20(32)15-22-27(5)13-9-18(26(3,4)34)19(27)10-14-30(22,29)17-31/h17-24,32-34H,8-16H2,1-7H3. The Bertz CT molecular complexity index is 845. The topological polar surface area (TPSA) is 77.8 Å². The van der Waals surface area contributed by atoms with E-state index in [1.165, 1.54) is 6.29 Å². The van der Waals surface area contributed by atoms with Gasteiger partial charge in [0.15, 0.2) is 0 Å². The number of rotatable bonds is 2. The molecule has 0 amide bonds. The molecule has 0 spiro atoms. The molecule has 0 aromatic rings. The van der Waals surface area contributed by atoms with Gasteiger partial charge >= 0.3 is 0 Å². The Morgan fingerprint density at radius 3 is 2.15 bits per heavy atom. The molecule has 11 atom stereocenters. The molecular formula is C30H50O4. The van der Waals surface area contributed by atoms with Crippen LogP contribution in [0.25, 0.3) is 0 Å². The summed E-state index contributed by atoms with van der Waals surface area (Å²) in [5, 5.41) is 34.7. The fraction of sp³-hybridized carbons (Fsp3) is 0.967. The molecule has 5 rings (SSSR count). The van der Waals surface area contributed by atoms with Gasteiger partial charge in [0.05, 0.1) is 17.8 Å². The summed E-state index contributed by atoms with van der Waals surface area (Å²) >= 11 is 0. The van der Waals surface area contributed by atoms with Crippen LogP contribution in [-0.2, 0) is 4.79 Å². The lowest BCUT2D eigenvalue weighted by molar-refractivity contribution is -0.287. The van der Waals surface area contributed by atoms with Gasteiger partial charge in [0.1, 0.15) is 6.29 Å². The highest BCUT2D eigenvalue weighted by molar-refractivity contribution is 5.64. The first-order chi connectivity index (χ1) is 15.6. The fourth-order valence-electron chi connectivity index (χ4n) is 12.3. The second kappa shape index (κ2) is 7.32. The van der Waals surface area contributed by atoms with E-state index in [0.29, 0.717) is 18.8 Å². The van der Waals surface area contributed by atoms with E-state index in [1.807, 2.05) is 13.8 Å². The molecule has 0 heterocycles. The number of hydrogen-bond acceptors (Lipinski definition) is 4. The molecule has 4 heteroatoms. The van der Waals surface area contributed by atoms with Gasteiger partial charge in [-0.15, -0.1) is 0 Å². The lowest BCUT2D eigenvalue weighted by Gasteiger charge is -2.73. The largest absolute Gasteiger partial charge is 0.393 e. The summed E-state index contributed by atoms with van der Waals surface area (Å²) in [5.41, 5.74) is -1.86. The van der Waals surface area contributed by atoms with Crippen molar-refractivity contribution in [3.05, 3.63) is 0 Å². The van der Waals surface area contributed by atoms with Crippen molar-refractivity contribution in [3.8, 4) is 0 Å². The van der Waals surface area contributed by atoms with Crippen molar-refractivity contribution >= 4 is 6.29 Å². The van der Waals surface area contributed by atoms with Crippen LogP contribution in [0.1, 0.15) is 106 Å². The number of aldehydes is 1. The molecule has 0 bridgehead atoms. The van der Waals surface area contributed by atoms with Gasteiger partial charge in [-0.05, 0) is 116 Å². The maximum atomic E-state index is 13.4. The van der Waals surface area contributed by atoms with Gasteiger partial charge in [-0.1, -0.05) is 41.0 Å². The SMILES string of the molecule is CC(C)(O)C1CCC2(C)C1CCC1(C=O)C2CC(O)C2C3(C)CCCC(C)(C)C3C(O)CC21C. The highest BCUT2D eigenvalue weighted by Gasteiger charge is 2.75. The van der Waals surface area contributed by atoms with Crippen molar-refractivity contribution in [2.75, 3.05) is 0 Å². The summed E-state index contributed by atoms with van der Waals surface area (Å²) in [4.78, 5) is 13.4. The van der Waals surface area contributed by atoms with Crippen molar-refractivity contribution in [1.29, 1.82) is 0 Å². The normalized spacial score (nSPS) is 56.6. The Labute approximate surface area is 207 Å². The maximum absolute atomic E-state index is 13.4. The fourth-order valence-corrected chi connectivity index (χ4v) is 12.3. The van der Waals surface area contributed by atoms with Gasteiger partial charge in [-0.25, -0.2) is 0 Å². The van der Waals surface area contributed by atoms with Crippen LogP contribution < -0.4 is 0 Å². The number of aliphatic hydroxyl groups is 3. The lowest BCUT2D eigenvalue weighted by Crippen LogP contribution is -2.73. The first kappa shape index (κ1) is 25.2. The van der Waals surface area contributed by atoms with E-state index in [9.17, 15) is 20.1 Å². The van der Waals surface area contributed by atoms with E-state index < -0.39 is 28.6 Å². The quantitative estimate of drug-likeness (QED) is 0.470. The molecule has 194 valence electrons. The van der Waals surface area contributed by atoms with E-state index >= 15 is 0 Å². The van der Waals surface area contributed by atoms with Crippen LogP contribution in [-0.4, -0.2) is 39.4 Å². The van der Waals surface area contributed by atoms with E-state index in [4.69, 9.17) is 0 Å². The van der Waals surface area contributed by atoms with Crippen LogP contribution in [0, 0.1) is 56.7 Å². The Morgan fingerprint density at radius 1 is 0.853 bits per heavy atom. The molecule has 0 aromatic carbocycles. The molecule has 4 nitrogen and oxygen atoms in total. The van der Waals surface area contributed by atoms with Gasteiger partial charge in [0.25, 0.3) is 0 Å². The summed E-state index contributed by atoms with van der Waals surface area (Å²) < 4.78 is 0. The summed E-state index contributed by atoms with van der Waals surface area (Å²) in [6.45, 7) is 15.4. The smallest absolute Gasteiger partial charge is 0.127 e. The third-order valence-corrected chi connectivity index (χ3v) is 13.2. The minimum Gasteiger partial charge on any atom is -0.393 e. The molecule has 0 aromatic heterocycles. The molecule has 11 unspecified atom stereocenters.